The molecule has 0 atom stereocenters. The normalized spacial score (nSPS) is 9.47. The number of benzene rings is 2. The van der Waals surface area contributed by atoms with Crippen molar-refractivity contribution in [3.63, 3.8) is 0 Å². The highest BCUT2D eigenvalue weighted by Crippen LogP contribution is 2.18. The zero-order valence-corrected chi connectivity index (χ0v) is 12.4. The van der Waals surface area contributed by atoms with Crippen molar-refractivity contribution in [2.24, 2.45) is 0 Å². The van der Waals surface area contributed by atoms with Gasteiger partial charge in [-0.1, -0.05) is 66.9 Å². The van der Waals surface area contributed by atoms with Gasteiger partial charge in [-0.2, -0.15) is 0 Å². The Labute approximate surface area is 117 Å². The molecule has 0 aromatic heterocycles. The molecule has 0 heterocycles. The molecule has 0 radical (unpaired) electrons. The van der Waals surface area contributed by atoms with Gasteiger partial charge in [0.25, 0.3) is 0 Å². The van der Waals surface area contributed by atoms with Crippen LogP contribution >= 0.6 is 0 Å². The lowest BCUT2D eigenvalue weighted by Crippen LogP contribution is -1.90. The first kappa shape index (κ1) is 15.3. The van der Waals surface area contributed by atoms with Gasteiger partial charge < -0.3 is 4.74 Å². The van der Waals surface area contributed by atoms with E-state index < -0.39 is 0 Å². The lowest BCUT2D eigenvalue weighted by atomic mass is 10.1. The highest BCUT2D eigenvalue weighted by atomic mass is 16.5. The van der Waals surface area contributed by atoms with Crippen molar-refractivity contribution < 1.29 is 4.74 Å². The Morgan fingerprint density at radius 3 is 1.84 bits per heavy atom. The first-order valence-corrected chi connectivity index (χ1v) is 6.82. The zero-order chi connectivity index (χ0) is 14.1. The average Bonchev–Trinajstić information content (AvgIpc) is 2.44. The quantitative estimate of drug-likeness (QED) is 0.755. The predicted molar refractivity (Wildman–Crippen MR) is 82.9 cm³/mol. The molecule has 2 rings (SSSR count). The molecule has 102 valence electrons. The maximum atomic E-state index is 5.20. The molecule has 0 bridgehead atoms. The Morgan fingerprint density at radius 1 is 0.842 bits per heavy atom. The third-order valence-corrected chi connectivity index (χ3v) is 2.93. The van der Waals surface area contributed by atoms with E-state index in [1.165, 1.54) is 23.1 Å². The fraction of sp³-hybridized carbons (Fsp3) is 0.333. The van der Waals surface area contributed by atoms with Crippen LogP contribution in [0.2, 0.25) is 0 Å². The average molecular weight is 256 g/mol. The van der Waals surface area contributed by atoms with E-state index in [1.54, 1.807) is 7.11 Å². The standard InChI is InChI=1S/C10H14O.C8H10/c1-3-6-9-7-4-5-8-10(9)11-2;1-7-3-5-8(2)6-4-7/h4-5,7-8H,3,6H2,1-2H3;3-6H,1-2H3. The van der Waals surface area contributed by atoms with Gasteiger partial charge in [-0.25, -0.2) is 0 Å². The molecule has 0 saturated heterocycles. The Morgan fingerprint density at radius 2 is 1.37 bits per heavy atom. The topological polar surface area (TPSA) is 9.23 Å². The van der Waals surface area contributed by atoms with E-state index in [9.17, 15) is 0 Å². The van der Waals surface area contributed by atoms with Crippen LogP contribution in [0.1, 0.15) is 30.0 Å². The van der Waals surface area contributed by atoms with Gasteiger partial charge >= 0.3 is 0 Å². The van der Waals surface area contributed by atoms with E-state index in [-0.39, 0.29) is 0 Å². The zero-order valence-electron chi connectivity index (χ0n) is 12.4. The minimum atomic E-state index is 1.01. The molecule has 1 heteroatoms. The van der Waals surface area contributed by atoms with Crippen LogP contribution in [0.25, 0.3) is 0 Å². The van der Waals surface area contributed by atoms with Crippen LogP contribution in [0, 0.1) is 13.8 Å². The van der Waals surface area contributed by atoms with Gasteiger partial charge in [-0.3, -0.25) is 0 Å². The monoisotopic (exact) mass is 256 g/mol. The molecule has 19 heavy (non-hydrogen) atoms. The third-order valence-electron chi connectivity index (χ3n) is 2.93. The van der Waals surface area contributed by atoms with E-state index in [0.717, 1.165) is 12.2 Å². The molecule has 2 aromatic rings. The Balaban J connectivity index is 0.000000200. The summed E-state index contributed by atoms with van der Waals surface area (Å²) in [5.41, 5.74) is 3.96. The van der Waals surface area contributed by atoms with Crippen molar-refractivity contribution in [1.82, 2.24) is 0 Å². The van der Waals surface area contributed by atoms with Crippen LogP contribution < -0.4 is 4.74 Å². The van der Waals surface area contributed by atoms with Crippen LogP contribution in [0.15, 0.2) is 48.5 Å². The molecule has 2 aromatic carbocycles. The van der Waals surface area contributed by atoms with E-state index in [0.29, 0.717) is 0 Å². The van der Waals surface area contributed by atoms with Gasteiger partial charge in [0.05, 0.1) is 7.11 Å². The van der Waals surface area contributed by atoms with Gasteiger partial charge in [0, 0.05) is 0 Å². The molecule has 0 spiro atoms. The van der Waals surface area contributed by atoms with Gasteiger partial charge in [0.1, 0.15) is 5.75 Å². The molecule has 0 fully saturated rings. The maximum Gasteiger partial charge on any atom is 0.122 e. The summed E-state index contributed by atoms with van der Waals surface area (Å²) in [7, 11) is 1.72. The summed E-state index contributed by atoms with van der Waals surface area (Å²) in [6, 6.07) is 16.6. The molecule has 1 nitrogen and oxygen atoms in total. The highest BCUT2D eigenvalue weighted by Gasteiger charge is 1.97. The Bertz CT molecular complexity index is 450. The third kappa shape index (κ3) is 5.60. The van der Waals surface area contributed by atoms with Crippen molar-refractivity contribution in [2.45, 2.75) is 33.6 Å². The largest absolute Gasteiger partial charge is 0.496 e. The lowest BCUT2D eigenvalue weighted by molar-refractivity contribution is 0.409. The molecular formula is C18H24O. The number of para-hydroxylation sites is 1. The molecule has 0 saturated carbocycles. The second-order valence-corrected chi connectivity index (χ2v) is 4.72. The van der Waals surface area contributed by atoms with Crippen molar-refractivity contribution in [2.75, 3.05) is 7.11 Å². The number of hydrogen-bond acceptors (Lipinski definition) is 1. The SMILES string of the molecule is CCCc1ccccc1OC.Cc1ccc(C)cc1. The molecule has 0 aliphatic rings. The number of ether oxygens (including phenoxy) is 1. The lowest BCUT2D eigenvalue weighted by Gasteiger charge is -2.05. The number of hydrogen-bond donors (Lipinski definition) is 0. The van der Waals surface area contributed by atoms with Crippen molar-refractivity contribution in [3.8, 4) is 5.75 Å². The van der Waals surface area contributed by atoms with Crippen LogP contribution in [0.4, 0.5) is 0 Å². The van der Waals surface area contributed by atoms with Crippen LogP contribution in [-0.2, 0) is 6.42 Å². The number of aryl methyl sites for hydroxylation is 3. The summed E-state index contributed by atoms with van der Waals surface area (Å²) in [4.78, 5) is 0. The summed E-state index contributed by atoms with van der Waals surface area (Å²) >= 11 is 0. The van der Waals surface area contributed by atoms with Crippen LogP contribution in [0.3, 0.4) is 0 Å². The summed E-state index contributed by atoms with van der Waals surface area (Å²) in [6.45, 7) is 6.37. The number of methoxy groups -OCH3 is 1. The second kappa shape index (κ2) is 8.36. The van der Waals surface area contributed by atoms with E-state index in [4.69, 9.17) is 4.74 Å². The van der Waals surface area contributed by atoms with Gasteiger partial charge in [-0.15, -0.1) is 0 Å². The van der Waals surface area contributed by atoms with Crippen molar-refractivity contribution in [3.05, 3.63) is 65.2 Å². The summed E-state index contributed by atoms with van der Waals surface area (Å²) in [6.07, 6.45) is 2.27. The van der Waals surface area contributed by atoms with Gasteiger partial charge in [0.2, 0.25) is 0 Å². The molecule has 0 unspecified atom stereocenters. The minimum Gasteiger partial charge on any atom is -0.496 e. The molecule has 0 N–H and O–H groups in total. The first-order valence-electron chi connectivity index (χ1n) is 6.82. The molecule has 0 aliphatic heterocycles. The van der Waals surface area contributed by atoms with E-state index >= 15 is 0 Å². The van der Waals surface area contributed by atoms with E-state index in [1.807, 2.05) is 18.2 Å². The first-order chi connectivity index (χ1) is 9.17. The molecular weight excluding hydrogens is 232 g/mol. The second-order valence-electron chi connectivity index (χ2n) is 4.72. The number of rotatable bonds is 3. The fourth-order valence-corrected chi connectivity index (χ4v) is 1.82. The van der Waals surface area contributed by atoms with E-state index in [2.05, 4.69) is 51.1 Å². The predicted octanol–water partition coefficient (Wildman–Crippen LogP) is 4.95. The van der Waals surface area contributed by atoms with Crippen molar-refractivity contribution in [1.29, 1.82) is 0 Å². The van der Waals surface area contributed by atoms with Crippen LogP contribution in [0.5, 0.6) is 5.75 Å². The highest BCUT2D eigenvalue weighted by molar-refractivity contribution is 5.33. The molecule has 0 aliphatic carbocycles. The smallest absolute Gasteiger partial charge is 0.122 e. The van der Waals surface area contributed by atoms with Gasteiger partial charge in [-0.05, 0) is 31.9 Å². The summed E-state index contributed by atoms with van der Waals surface area (Å²) in [5.74, 6) is 1.01. The Kier molecular flexibility index (Phi) is 6.73. The maximum absolute atomic E-state index is 5.20. The van der Waals surface area contributed by atoms with Crippen LogP contribution in [-0.4, -0.2) is 7.11 Å². The Hall–Kier alpha value is -1.76. The fourth-order valence-electron chi connectivity index (χ4n) is 1.82. The van der Waals surface area contributed by atoms with Gasteiger partial charge in [0.15, 0.2) is 0 Å². The summed E-state index contributed by atoms with van der Waals surface area (Å²) in [5, 5.41) is 0. The summed E-state index contributed by atoms with van der Waals surface area (Å²) < 4.78 is 5.20. The molecule has 0 amide bonds. The minimum absolute atomic E-state index is 1.01. The van der Waals surface area contributed by atoms with Crippen molar-refractivity contribution >= 4 is 0 Å².